The highest BCUT2D eigenvalue weighted by Gasteiger charge is 2.51. The fourth-order valence-corrected chi connectivity index (χ4v) is 3.75. The van der Waals surface area contributed by atoms with Gasteiger partial charge in [-0.25, -0.2) is 4.79 Å². The topological polar surface area (TPSA) is 174 Å². The maximum atomic E-state index is 13.0. The van der Waals surface area contributed by atoms with Gasteiger partial charge in [0.1, 0.15) is 19.3 Å². The van der Waals surface area contributed by atoms with Crippen LogP contribution in [0.2, 0.25) is 0 Å². The molecule has 0 aliphatic heterocycles. The van der Waals surface area contributed by atoms with Gasteiger partial charge in [-0.1, -0.05) is 6.92 Å². The summed E-state index contributed by atoms with van der Waals surface area (Å²) >= 11 is 0. The van der Waals surface area contributed by atoms with Crippen molar-refractivity contribution in [3.05, 3.63) is 0 Å². The Morgan fingerprint density at radius 3 is 1.84 bits per heavy atom. The van der Waals surface area contributed by atoms with Crippen molar-refractivity contribution in [2.45, 2.75) is 66.4 Å². The first-order chi connectivity index (χ1) is 14.6. The van der Waals surface area contributed by atoms with E-state index >= 15 is 0 Å². The molecule has 0 aromatic rings. The van der Waals surface area contributed by atoms with Crippen LogP contribution >= 0.6 is 0 Å². The first-order valence-electron chi connectivity index (χ1n) is 10.1. The smallest absolute Gasteiger partial charge is 0.334 e. The number of aliphatic hydroxyl groups is 1. The third-order valence-electron chi connectivity index (χ3n) is 5.31. The molecule has 0 rings (SSSR count). The Balaban J connectivity index is 5.90. The van der Waals surface area contributed by atoms with Crippen LogP contribution in [0.5, 0.6) is 0 Å². The number of carboxylic acids is 2. The van der Waals surface area contributed by atoms with Gasteiger partial charge in [-0.2, -0.15) is 0 Å². The van der Waals surface area contributed by atoms with Crippen LogP contribution in [-0.4, -0.2) is 71.6 Å². The van der Waals surface area contributed by atoms with Gasteiger partial charge in [0.15, 0.2) is 0 Å². The van der Waals surface area contributed by atoms with Crippen LogP contribution in [0.15, 0.2) is 0 Å². The zero-order chi connectivity index (χ0) is 25.3. The van der Waals surface area contributed by atoms with E-state index in [1.807, 2.05) is 0 Å². The molecule has 0 saturated carbocycles. The standard InChI is InChI=1S/C21H34O11/c1-7-21(16(26)27,10-14(23)24)12-20(5,11-19(3,4)17(28)30-6)18(29)32-9-8-31-15(25)13(2)22/h13,22H,7-12H2,1-6H3,(H,23,24)(H,26,27). The molecule has 0 bridgehead atoms. The third-order valence-corrected chi connectivity index (χ3v) is 5.31. The van der Waals surface area contributed by atoms with E-state index in [-0.39, 0.29) is 26.1 Å². The molecular weight excluding hydrogens is 428 g/mol. The summed E-state index contributed by atoms with van der Waals surface area (Å²) in [5.74, 6) is -5.16. The number of ether oxygens (including phenoxy) is 3. The molecule has 0 aliphatic rings. The van der Waals surface area contributed by atoms with E-state index in [2.05, 4.69) is 0 Å². The van der Waals surface area contributed by atoms with Crippen LogP contribution in [0.25, 0.3) is 0 Å². The molecule has 0 radical (unpaired) electrons. The number of carbonyl (C=O) groups is 5. The molecule has 0 fully saturated rings. The minimum atomic E-state index is -1.79. The second-order valence-electron chi connectivity index (χ2n) is 8.78. The maximum Gasteiger partial charge on any atom is 0.334 e. The van der Waals surface area contributed by atoms with Crippen molar-refractivity contribution in [2.75, 3.05) is 20.3 Å². The Kier molecular flexibility index (Phi) is 10.8. The van der Waals surface area contributed by atoms with Crippen LogP contribution in [0.1, 0.15) is 60.3 Å². The van der Waals surface area contributed by atoms with Crippen molar-refractivity contribution in [3.8, 4) is 0 Å². The van der Waals surface area contributed by atoms with E-state index in [1.165, 1.54) is 41.7 Å². The number of aliphatic carboxylic acids is 2. The van der Waals surface area contributed by atoms with Crippen molar-refractivity contribution < 1.29 is 53.5 Å². The quantitative estimate of drug-likeness (QED) is 0.193. The zero-order valence-corrected chi connectivity index (χ0v) is 19.4. The summed E-state index contributed by atoms with van der Waals surface area (Å²) in [6, 6.07) is 0. The molecule has 0 amide bonds. The van der Waals surface area contributed by atoms with Gasteiger partial charge >= 0.3 is 29.8 Å². The second-order valence-corrected chi connectivity index (χ2v) is 8.78. The maximum absolute atomic E-state index is 13.0. The lowest BCUT2D eigenvalue weighted by Gasteiger charge is -2.39. The molecular formula is C21H34O11. The molecule has 0 heterocycles. The number of esters is 3. The Morgan fingerprint density at radius 1 is 0.906 bits per heavy atom. The third kappa shape index (κ3) is 8.10. The number of hydrogen-bond acceptors (Lipinski definition) is 9. The highest BCUT2D eigenvalue weighted by Crippen LogP contribution is 2.47. The monoisotopic (exact) mass is 462 g/mol. The normalized spacial score (nSPS) is 16.1. The number of hydrogen-bond donors (Lipinski definition) is 3. The number of rotatable bonds is 14. The van der Waals surface area contributed by atoms with Gasteiger partial charge in [-0.05, 0) is 47.0 Å². The molecule has 0 aromatic carbocycles. The van der Waals surface area contributed by atoms with Gasteiger partial charge in [0, 0.05) is 0 Å². The molecule has 3 unspecified atom stereocenters. The minimum absolute atomic E-state index is 0.0812. The summed E-state index contributed by atoms with van der Waals surface area (Å²) in [5, 5.41) is 28.2. The Morgan fingerprint density at radius 2 is 1.44 bits per heavy atom. The predicted octanol–water partition coefficient (Wildman–Crippen LogP) is 1.40. The molecule has 184 valence electrons. The van der Waals surface area contributed by atoms with E-state index in [0.29, 0.717) is 0 Å². The Bertz CT molecular complexity index is 713. The highest BCUT2D eigenvalue weighted by molar-refractivity contribution is 5.84. The largest absolute Gasteiger partial charge is 0.481 e. The number of carboxylic acid groups (broad SMARTS) is 2. The van der Waals surface area contributed by atoms with E-state index in [9.17, 15) is 34.2 Å². The van der Waals surface area contributed by atoms with Gasteiger partial charge < -0.3 is 29.5 Å². The highest BCUT2D eigenvalue weighted by atomic mass is 16.6. The fourth-order valence-electron chi connectivity index (χ4n) is 3.75. The molecule has 0 saturated heterocycles. The van der Waals surface area contributed by atoms with Crippen LogP contribution in [0.4, 0.5) is 0 Å². The predicted molar refractivity (Wildman–Crippen MR) is 109 cm³/mol. The average Bonchev–Trinajstić information content (AvgIpc) is 2.68. The van der Waals surface area contributed by atoms with E-state index in [1.54, 1.807) is 0 Å². The van der Waals surface area contributed by atoms with E-state index in [4.69, 9.17) is 19.3 Å². The Hall–Kier alpha value is -2.69. The molecule has 0 spiro atoms. The lowest BCUT2D eigenvalue weighted by atomic mass is 9.63. The number of aliphatic hydroxyl groups excluding tert-OH is 1. The number of carbonyl (C=O) groups excluding carboxylic acids is 3. The summed E-state index contributed by atoms with van der Waals surface area (Å²) in [4.78, 5) is 60.0. The molecule has 11 nitrogen and oxygen atoms in total. The van der Waals surface area contributed by atoms with Gasteiger partial charge in [0.05, 0.1) is 29.8 Å². The van der Waals surface area contributed by atoms with Crippen molar-refractivity contribution >= 4 is 29.8 Å². The van der Waals surface area contributed by atoms with E-state index in [0.717, 1.165) is 0 Å². The first kappa shape index (κ1) is 29.3. The summed E-state index contributed by atoms with van der Waals surface area (Å²) in [7, 11) is 1.17. The molecule has 32 heavy (non-hydrogen) atoms. The second kappa shape index (κ2) is 11.8. The van der Waals surface area contributed by atoms with Crippen LogP contribution in [0, 0.1) is 16.2 Å². The molecule has 0 aromatic heterocycles. The van der Waals surface area contributed by atoms with Crippen molar-refractivity contribution in [2.24, 2.45) is 16.2 Å². The van der Waals surface area contributed by atoms with Crippen LogP contribution < -0.4 is 0 Å². The molecule has 11 heteroatoms. The first-order valence-corrected chi connectivity index (χ1v) is 10.1. The van der Waals surface area contributed by atoms with Crippen molar-refractivity contribution in [3.63, 3.8) is 0 Å². The van der Waals surface area contributed by atoms with Gasteiger partial charge in [0.2, 0.25) is 0 Å². The van der Waals surface area contributed by atoms with Gasteiger partial charge in [0.25, 0.3) is 0 Å². The van der Waals surface area contributed by atoms with E-state index < -0.39 is 65.0 Å². The van der Waals surface area contributed by atoms with Gasteiger partial charge in [-0.3, -0.25) is 19.2 Å². The molecule has 3 atom stereocenters. The fraction of sp³-hybridized carbons (Fsp3) is 0.762. The van der Waals surface area contributed by atoms with Crippen LogP contribution in [-0.2, 0) is 38.2 Å². The van der Waals surface area contributed by atoms with Crippen molar-refractivity contribution in [1.82, 2.24) is 0 Å². The summed E-state index contributed by atoms with van der Waals surface area (Å²) in [5.41, 5.74) is -4.59. The summed E-state index contributed by atoms with van der Waals surface area (Å²) < 4.78 is 14.7. The van der Waals surface area contributed by atoms with Crippen molar-refractivity contribution in [1.29, 1.82) is 0 Å². The molecule has 0 aliphatic carbocycles. The Labute approximate surface area is 187 Å². The molecule has 3 N–H and O–H groups in total. The minimum Gasteiger partial charge on any atom is -0.481 e. The summed E-state index contributed by atoms with van der Waals surface area (Å²) in [6.07, 6.45) is -2.76. The lowest BCUT2D eigenvalue weighted by Crippen LogP contribution is -2.45. The average molecular weight is 462 g/mol. The lowest BCUT2D eigenvalue weighted by molar-refractivity contribution is -0.172. The summed E-state index contributed by atoms with van der Waals surface area (Å²) in [6.45, 7) is 6.41. The van der Waals surface area contributed by atoms with Gasteiger partial charge in [-0.15, -0.1) is 0 Å². The van der Waals surface area contributed by atoms with Crippen LogP contribution in [0.3, 0.4) is 0 Å². The zero-order valence-electron chi connectivity index (χ0n) is 19.4. The SMILES string of the molecule is CCC(CC(=O)O)(CC(C)(CC(C)(C)C(=O)OC)C(=O)OCCOC(=O)C(C)O)C(=O)O. The number of methoxy groups -OCH3 is 1.